The zero-order valence-electron chi connectivity index (χ0n) is 12.3. The highest BCUT2D eigenvalue weighted by molar-refractivity contribution is 5.79. The van der Waals surface area contributed by atoms with Gasteiger partial charge in [0.1, 0.15) is 5.82 Å². The molecule has 1 aromatic carbocycles. The van der Waals surface area contributed by atoms with Crippen LogP contribution in [0.15, 0.2) is 18.2 Å². The smallest absolute Gasteiger partial charge is 0.234 e. The third kappa shape index (κ3) is 4.44. The van der Waals surface area contributed by atoms with Crippen LogP contribution in [0, 0.1) is 0 Å². The van der Waals surface area contributed by atoms with E-state index in [9.17, 15) is 4.79 Å². The van der Waals surface area contributed by atoms with E-state index < -0.39 is 0 Å². The highest BCUT2D eigenvalue weighted by atomic mass is 16.5. The first-order valence-corrected chi connectivity index (χ1v) is 6.77. The van der Waals surface area contributed by atoms with Gasteiger partial charge in [0.2, 0.25) is 5.91 Å². The second-order valence-electron chi connectivity index (χ2n) is 4.98. The number of H-pyrrole nitrogens is 1. The number of hydrogen-bond donors (Lipinski definition) is 3. The quantitative estimate of drug-likeness (QED) is 0.505. The van der Waals surface area contributed by atoms with Gasteiger partial charge in [0.25, 0.3) is 0 Å². The summed E-state index contributed by atoms with van der Waals surface area (Å²) < 4.78 is 4.88. The van der Waals surface area contributed by atoms with E-state index in [2.05, 4.69) is 15.3 Å². The number of aromatic amines is 1. The number of methoxy groups -OCH3 is 1. The van der Waals surface area contributed by atoms with E-state index in [-0.39, 0.29) is 5.91 Å². The Morgan fingerprint density at radius 2 is 2.33 bits per heavy atom. The van der Waals surface area contributed by atoms with Crippen molar-refractivity contribution in [1.29, 1.82) is 0 Å². The summed E-state index contributed by atoms with van der Waals surface area (Å²) in [4.78, 5) is 21.3. The molecule has 1 amide bonds. The van der Waals surface area contributed by atoms with Gasteiger partial charge in [-0.25, -0.2) is 4.98 Å². The minimum atomic E-state index is -0.0325. The van der Waals surface area contributed by atoms with Crippen molar-refractivity contribution in [1.82, 2.24) is 20.2 Å². The largest absolute Gasteiger partial charge is 0.399 e. The Hall–Kier alpha value is -2.12. The number of ether oxygens (including phenoxy) is 1. The van der Waals surface area contributed by atoms with Crippen LogP contribution in [0.3, 0.4) is 0 Å². The molecule has 7 heteroatoms. The molecule has 0 atom stereocenters. The number of aromatic nitrogens is 2. The van der Waals surface area contributed by atoms with Gasteiger partial charge in [0.05, 0.1) is 30.7 Å². The van der Waals surface area contributed by atoms with Gasteiger partial charge in [0, 0.05) is 19.3 Å². The number of rotatable bonds is 7. The number of nitrogen functional groups attached to an aromatic ring is 1. The molecule has 2 aromatic rings. The van der Waals surface area contributed by atoms with Crippen LogP contribution in [-0.2, 0) is 16.1 Å². The number of benzene rings is 1. The van der Waals surface area contributed by atoms with Crippen LogP contribution in [0.25, 0.3) is 11.0 Å². The SMILES string of the molecule is COCCNC(=O)CN(C)Cc1nc2ccc(N)cc2[nH]1. The Morgan fingerprint density at radius 1 is 1.52 bits per heavy atom. The molecule has 0 saturated carbocycles. The van der Waals surface area contributed by atoms with Crippen molar-refractivity contribution in [3.8, 4) is 0 Å². The number of anilines is 1. The fourth-order valence-corrected chi connectivity index (χ4v) is 2.06. The summed E-state index contributed by atoms with van der Waals surface area (Å²) in [5.41, 5.74) is 8.21. The molecule has 0 unspecified atom stereocenters. The monoisotopic (exact) mass is 291 g/mol. The summed E-state index contributed by atoms with van der Waals surface area (Å²) in [6.45, 7) is 1.91. The molecular formula is C14H21N5O2. The van der Waals surface area contributed by atoms with E-state index in [0.29, 0.717) is 31.9 Å². The maximum absolute atomic E-state index is 11.7. The molecule has 1 aromatic heterocycles. The van der Waals surface area contributed by atoms with Crippen LogP contribution in [0.2, 0.25) is 0 Å². The molecular weight excluding hydrogens is 270 g/mol. The predicted octanol–water partition coefficient (Wildman–Crippen LogP) is 0.340. The number of nitrogens with zero attached hydrogens (tertiary/aromatic N) is 2. The molecule has 0 bridgehead atoms. The van der Waals surface area contributed by atoms with E-state index in [1.165, 1.54) is 0 Å². The van der Waals surface area contributed by atoms with E-state index in [4.69, 9.17) is 10.5 Å². The second-order valence-corrected chi connectivity index (χ2v) is 4.98. The maximum atomic E-state index is 11.7. The van der Waals surface area contributed by atoms with Gasteiger partial charge in [-0.1, -0.05) is 0 Å². The minimum Gasteiger partial charge on any atom is -0.399 e. The lowest BCUT2D eigenvalue weighted by Gasteiger charge is -2.14. The fourth-order valence-electron chi connectivity index (χ4n) is 2.06. The molecule has 4 N–H and O–H groups in total. The summed E-state index contributed by atoms with van der Waals surface area (Å²) in [5, 5.41) is 2.78. The van der Waals surface area contributed by atoms with E-state index in [1.54, 1.807) is 7.11 Å². The number of imidazole rings is 1. The molecule has 0 saturated heterocycles. The van der Waals surface area contributed by atoms with Crippen molar-refractivity contribution >= 4 is 22.6 Å². The molecule has 0 aliphatic rings. The molecule has 0 aliphatic carbocycles. The lowest BCUT2D eigenvalue weighted by molar-refractivity contribution is -0.122. The van der Waals surface area contributed by atoms with E-state index >= 15 is 0 Å². The molecule has 21 heavy (non-hydrogen) atoms. The van der Waals surface area contributed by atoms with Crippen LogP contribution in [0.5, 0.6) is 0 Å². The molecule has 0 aliphatic heterocycles. The Morgan fingerprint density at radius 3 is 3.10 bits per heavy atom. The Kier molecular flexibility index (Phi) is 5.13. The Balaban J connectivity index is 1.88. The fraction of sp³-hybridized carbons (Fsp3) is 0.429. The van der Waals surface area contributed by atoms with Crippen molar-refractivity contribution < 1.29 is 9.53 Å². The Labute approximate surface area is 123 Å². The molecule has 7 nitrogen and oxygen atoms in total. The normalized spacial score (nSPS) is 11.2. The number of carbonyl (C=O) groups excluding carboxylic acids is 1. The molecule has 0 spiro atoms. The molecule has 1 heterocycles. The number of nitrogens with two attached hydrogens (primary N) is 1. The summed E-state index contributed by atoms with van der Waals surface area (Å²) in [6.07, 6.45) is 0. The van der Waals surface area contributed by atoms with Gasteiger partial charge in [0.15, 0.2) is 0 Å². The lowest BCUT2D eigenvalue weighted by atomic mass is 10.3. The van der Waals surface area contributed by atoms with E-state index in [0.717, 1.165) is 16.9 Å². The van der Waals surface area contributed by atoms with Crippen molar-refractivity contribution in [2.75, 3.05) is 39.6 Å². The van der Waals surface area contributed by atoms with Crippen molar-refractivity contribution in [2.45, 2.75) is 6.54 Å². The van der Waals surface area contributed by atoms with Crippen LogP contribution in [0.4, 0.5) is 5.69 Å². The summed E-state index contributed by atoms with van der Waals surface area (Å²) in [6, 6.07) is 5.55. The highest BCUT2D eigenvalue weighted by Gasteiger charge is 2.09. The number of amides is 1. The highest BCUT2D eigenvalue weighted by Crippen LogP contribution is 2.15. The topological polar surface area (TPSA) is 96.3 Å². The number of likely N-dealkylation sites (N-methyl/N-ethyl adjacent to an activating group) is 1. The molecule has 0 fully saturated rings. The number of hydrogen-bond acceptors (Lipinski definition) is 5. The number of carbonyl (C=O) groups is 1. The standard InChI is InChI=1S/C14H21N5O2/c1-19(9-14(20)16-5-6-21-2)8-13-17-11-4-3-10(15)7-12(11)18-13/h3-4,7H,5-6,8-9,15H2,1-2H3,(H,16,20)(H,17,18). The Bertz CT molecular complexity index is 610. The first-order valence-electron chi connectivity index (χ1n) is 6.77. The van der Waals surface area contributed by atoms with Gasteiger partial charge < -0.3 is 20.8 Å². The van der Waals surface area contributed by atoms with Crippen LogP contribution >= 0.6 is 0 Å². The summed E-state index contributed by atoms with van der Waals surface area (Å²) in [7, 11) is 3.48. The minimum absolute atomic E-state index is 0.0325. The third-order valence-electron chi connectivity index (χ3n) is 3.02. The van der Waals surface area contributed by atoms with Crippen molar-refractivity contribution in [3.05, 3.63) is 24.0 Å². The van der Waals surface area contributed by atoms with Gasteiger partial charge >= 0.3 is 0 Å². The van der Waals surface area contributed by atoms with Gasteiger partial charge in [-0.3, -0.25) is 9.69 Å². The zero-order chi connectivity index (χ0) is 15.2. The van der Waals surface area contributed by atoms with Crippen molar-refractivity contribution in [3.63, 3.8) is 0 Å². The zero-order valence-corrected chi connectivity index (χ0v) is 12.3. The van der Waals surface area contributed by atoms with E-state index in [1.807, 2.05) is 30.1 Å². The van der Waals surface area contributed by atoms with Gasteiger partial charge in [-0.2, -0.15) is 0 Å². The second kappa shape index (κ2) is 7.05. The summed E-state index contributed by atoms with van der Waals surface area (Å²) in [5.74, 6) is 0.776. The number of fused-ring (bicyclic) bond motifs is 1. The van der Waals surface area contributed by atoms with Crippen LogP contribution in [-0.4, -0.2) is 54.6 Å². The third-order valence-corrected chi connectivity index (χ3v) is 3.02. The van der Waals surface area contributed by atoms with Crippen LogP contribution < -0.4 is 11.1 Å². The molecule has 2 rings (SSSR count). The van der Waals surface area contributed by atoms with Crippen LogP contribution in [0.1, 0.15) is 5.82 Å². The lowest BCUT2D eigenvalue weighted by Crippen LogP contribution is -2.36. The average Bonchev–Trinajstić information content (AvgIpc) is 2.79. The molecule has 114 valence electrons. The summed E-state index contributed by atoms with van der Waals surface area (Å²) >= 11 is 0. The first-order chi connectivity index (χ1) is 10.1. The van der Waals surface area contributed by atoms with Crippen molar-refractivity contribution in [2.24, 2.45) is 0 Å². The predicted molar refractivity (Wildman–Crippen MR) is 81.7 cm³/mol. The van der Waals surface area contributed by atoms with Gasteiger partial charge in [-0.05, 0) is 25.2 Å². The maximum Gasteiger partial charge on any atom is 0.234 e. The first kappa shape index (κ1) is 15.3. The molecule has 0 radical (unpaired) electrons. The number of nitrogens with one attached hydrogen (secondary N) is 2. The average molecular weight is 291 g/mol. The van der Waals surface area contributed by atoms with Gasteiger partial charge in [-0.15, -0.1) is 0 Å².